The maximum atomic E-state index is 11.1. The number of nitrogens with zero attached hydrogens (tertiary/aromatic N) is 2. The van der Waals surface area contributed by atoms with Crippen LogP contribution in [0.25, 0.3) is 0 Å². The molecule has 0 spiro atoms. The molecule has 0 aliphatic rings. The zero-order valence-corrected chi connectivity index (χ0v) is 13.2. The first-order chi connectivity index (χ1) is 11.2. The summed E-state index contributed by atoms with van der Waals surface area (Å²) in [5.74, 6) is 1.33. The molecule has 0 fully saturated rings. The lowest BCUT2D eigenvalue weighted by Crippen LogP contribution is -2.16. The molecule has 0 radical (unpaired) electrons. The minimum atomic E-state index is -1.03. The second-order valence-corrected chi connectivity index (χ2v) is 4.46. The molecule has 0 bridgehead atoms. The summed E-state index contributed by atoms with van der Waals surface area (Å²) in [5, 5.41) is 13.3. The molecular formula is C15H22N2O6. The molecule has 0 atom stereocenters. The van der Waals surface area contributed by atoms with Gasteiger partial charge in [0.25, 0.3) is 0 Å². The number of carboxylic acids is 1. The number of hydrogen-bond acceptors (Lipinski definition) is 6. The van der Waals surface area contributed by atoms with Crippen LogP contribution in [0.3, 0.4) is 0 Å². The molecule has 23 heavy (non-hydrogen) atoms. The highest BCUT2D eigenvalue weighted by Gasteiger charge is 2.13. The number of hydrogen-bond donors (Lipinski definition) is 1. The fourth-order valence-electron chi connectivity index (χ4n) is 1.75. The van der Waals surface area contributed by atoms with Crippen LogP contribution < -0.4 is 0 Å². The number of aromatic nitrogens is 2. The van der Waals surface area contributed by atoms with Gasteiger partial charge in [-0.15, -0.1) is 6.42 Å². The van der Waals surface area contributed by atoms with Crippen LogP contribution in [0.1, 0.15) is 16.2 Å². The number of carboxylic acid groups (broad SMARTS) is 1. The van der Waals surface area contributed by atoms with Gasteiger partial charge in [-0.25, -0.2) is 4.79 Å². The summed E-state index contributed by atoms with van der Waals surface area (Å²) in [4.78, 5) is 11.1. The van der Waals surface area contributed by atoms with Crippen molar-refractivity contribution in [2.45, 2.75) is 13.2 Å². The van der Waals surface area contributed by atoms with E-state index in [0.717, 1.165) is 0 Å². The molecule has 0 aromatic carbocycles. The second kappa shape index (κ2) is 11.6. The topological polar surface area (TPSA) is 92.0 Å². The fraction of sp³-hybridized carbons (Fsp3) is 0.600. The van der Waals surface area contributed by atoms with Gasteiger partial charge < -0.3 is 24.1 Å². The Balaban J connectivity index is 2.18. The Kier molecular flexibility index (Phi) is 9.66. The van der Waals surface area contributed by atoms with Crippen molar-refractivity contribution < 1.29 is 28.8 Å². The molecule has 0 saturated carbocycles. The Morgan fingerprint density at radius 3 is 2.52 bits per heavy atom. The molecule has 0 unspecified atom stereocenters. The lowest BCUT2D eigenvalue weighted by molar-refractivity contribution is 0.0180. The summed E-state index contributed by atoms with van der Waals surface area (Å²) in [7, 11) is 1.53. The van der Waals surface area contributed by atoms with E-state index in [0.29, 0.717) is 45.3 Å². The van der Waals surface area contributed by atoms with Crippen molar-refractivity contribution in [2.75, 3.05) is 46.8 Å². The van der Waals surface area contributed by atoms with Gasteiger partial charge in [-0.05, 0) is 6.07 Å². The first-order valence-corrected chi connectivity index (χ1v) is 7.14. The first kappa shape index (κ1) is 19.1. The number of aromatic carboxylic acids is 1. The molecule has 1 N–H and O–H groups in total. The van der Waals surface area contributed by atoms with E-state index in [1.165, 1.54) is 17.9 Å². The predicted octanol–water partition coefficient (Wildman–Crippen LogP) is 0.411. The smallest absolute Gasteiger partial charge is 0.354 e. The van der Waals surface area contributed by atoms with E-state index in [2.05, 4.69) is 11.0 Å². The summed E-state index contributed by atoms with van der Waals surface area (Å²) in [6.07, 6.45) is 5.03. The average molecular weight is 326 g/mol. The van der Waals surface area contributed by atoms with E-state index in [4.69, 9.17) is 30.5 Å². The van der Waals surface area contributed by atoms with Crippen molar-refractivity contribution in [3.63, 3.8) is 0 Å². The van der Waals surface area contributed by atoms with Crippen molar-refractivity contribution in [2.24, 2.45) is 0 Å². The van der Waals surface area contributed by atoms with E-state index >= 15 is 0 Å². The summed E-state index contributed by atoms with van der Waals surface area (Å²) < 4.78 is 22.0. The Morgan fingerprint density at radius 2 is 1.91 bits per heavy atom. The van der Waals surface area contributed by atoms with Crippen LogP contribution in [0.2, 0.25) is 0 Å². The third kappa shape index (κ3) is 7.76. The van der Waals surface area contributed by atoms with Crippen molar-refractivity contribution in [3.05, 3.63) is 17.5 Å². The van der Waals surface area contributed by atoms with Gasteiger partial charge in [0.2, 0.25) is 0 Å². The molecule has 1 aromatic heterocycles. The van der Waals surface area contributed by atoms with E-state index in [1.807, 2.05) is 0 Å². The molecule has 8 heteroatoms. The number of terminal acetylenes is 1. The summed E-state index contributed by atoms with van der Waals surface area (Å²) in [5.41, 5.74) is 0.683. The standard InChI is InChI=1S/C15H22N2O6/c1-3-5-21-7-9-23-10-8-22-6-4-17-14(15(18)19)11-13(16-17)12-20-2/h1,11H,4-10,12H2,2H3,(H,18,19). The van der Waals surface area contributed by atoms with Gasteiger partial charge in [-0.2, -0.15) is 5.10 Å². The van der Waals surface area contributed by atoms with Crippen molar-refractivity contribution in [1.82, 2.24) is 9.78 Å². The van der Waals surface area contributed by atoms with Crippen molar-refractivity contribution in [3.8, 4) is 12.3 Å². The van der Waals surface area contributed by atoms with E-state index in [9.17, 15) is 4.79 Å². The lowest BCUT2D eigenvalue weighted by Gasteiger charge is -2.07. The monoisotopic (exact) mass is 326 g/mol. The first-order valence-electron chi connectivity index (χ1n) is 7.14. The van der Waals surface area contributed by atoms with Gasteiger partial charge in [0.05, 0.1) is 51.9 Å². The Labute approximate surface area is 135 Å². The van der Waals surface area contributed by atoms with Gasteiger partial charge in [-0.1, -0.05) is 5.92 Å². The molecule has 0 saturated heterocycles. The SMILES string of the molecule is C#CCOCCOCCOCCn1nc(COC)cc1C(=O)O. The van der Waals surface area contributed by atoms with Crippen LogP contribution in [0, 0.1) is 12.3 Å². The zero-order valence-electron chi connectivity index (χ0n) is 13.2. The lowest BCUT2D eigenvalue weighted by atomic mass is 10.3. The molecule has 0 amide bonds. The molecule has 128 valence electrons. The highest BCUT2D eigenvalue weighted by Crippen LogP contribution is 2.06. The van der Waals surface area contributed by atoms with Crippen molar-refractivity contribution >= 4 is 5.97 Å². The van der Waals surface area contributed by atoms with Gasteiger partial charge in [0.1, 0.15) is 12.3 Å². The maximum Gasteiger partial charge on any atom is 0.354 e. The normalized spacial score (nSPS) is 10.6. The van der Waals surface area contributed by atoms with E-state index in [-0.39, 0.29) is 18.9 Å². The van der Waals surface area contributed by atoms with Crippen LogP contribution in [0.5, 0.6) is 0 Å². The number of methoxy groups -OCH3 is 1. The quantitative estimate of drug-likeness (QED) is 0.414. The molecule has 1 heterocycles. The minimum Gasteiger partial charge on any atom is -0.477 e. The summed E-state index contributed by atoms with van der Waals surface area (Å²) >= 11 is 0. The van der Waals surface area contributed by atoms with Crippen LogP contribution in [0.4, 0.5) is 0 Å². The zero-order chi connectivity index (χ0) is 16.9. The van der Waals surface area contributed by atoms with Gasteiger partial charge in [-0.3, -0.25) is 4.68 Å². The predicted molar refractivity (Wildman–Crippen MR) is 81.2 cm³/mol. The molecule has 1 aromatic rings. The second-order valence-electron chi connectivity index (χ2n) is 4.46. The molecule has 1 rings (SSSR count). The van der Waals surface area contributed by atoms with E-state index in [1.54, 1.807) is 0 Å². The van der Waals surface area contributed by atoms with E-state index < -0.39 is 5.97 Å². The fourth-order valence-corrected chi connectivity index (χ4v) is 1.75. The third-order valence-electron chi connectivity index (χ3n) is 2.72. The summed E-state index contributed by atoms with van der Waals surface area (Å²) in [6.45, 7) is 2.96. The average Bonchev–Trinajstić information content (AvgIpc) is 2.93. The Hall–Kier alpha value is -1.92. The van der Waals surface area contributed by atoms with Crippen molar-refractivity contribution in [1.29, 1.82) is 0 Å². The number of rotatable bonds is 13. The van der Waals surface area contributed by atoms with Crippen LogP contribution in [0.15, 0.2) is 6.07 Å². The third-order valence-corrected chi connectivity index (χ3v) is 2.72. The highest BCUT2D eigenvalue weighted by atomic mass is 16.5. The largest absolute Gasteiger partial charge is 0.477 e. The van der Waals surface area contributed by atoms with Crippen LogP contribution in [-0.4, -0.2) is 67.6 Å². The molecule has 0 aliphatic heterocycles. The van der Waals surface area contributed by atoms with Crippen LogP contribution in [-0.2, 0) is 32.1 Å². The maximum absolute atomic E-state index is 11.1. The summed E-state index contributed by atoms with van der Waals surface area (Å²) in [6, 6.07) is 1.49. The number of carbonyl (C=O) groups is 1. The Bertz CT molecular complexity index is 509. The van der Waals surface area contributed by atoms with Gasteiger partial charge in [0, 0.05) is 7.11 Å². The minimum absolute atomic E-state index is 0.113. The Morgan fingerprint density at radius 1 is 1.26 bits per heavy atom. The van der Waals surface area contributed by atoms with Crippen LogP contribution >= 0.6 is 0 Å². The highest BCUT2D eigenvalue weighted by molar-refractivity contribution is 5.85. The molecular weight excluding hydrogens is 304 g/mol. The van der Waals surface area contributed by atoms with Gasteiger partial charge in [0.15, 0.2) is 0 Å². The van der Waals surface area contributed by atoms with Gasteiger partial charge >= 0.3 is 5.97 Å². The molecule has 0 aliphatic carbocycles. The number of ether oxygens (including phenoxy) is 4. The molecule has 8 nitrogen and oxygen atoms in total.